The van der Waals surface area contributed by atoms with Crippen LogP contribution in [-0.4, -0.2) is 47.7 Å². The second-order valence-corrected chi connectivity index (χ2v) is 5.58. The van der Waals surface area contributed by atoms with E-state index in [9.17, 15) is 9.59 Å². The number of morpholine rings is 1. The van der Waals surface area contributed by atoms with E-state index >= 15 is 0 Å². The van der Waals surface area contributed by atoms with Crippen molar-refractivity contribution in [1.29, 1.82) is 0 Å². The van der Waals surface area contributed by atoms with E-state index in [4.69, 9.17) is 9.84 Å². The van der Waals surface area contributed by atoms with Gasteiger partial charge in [0.15, 0.2) is 0 Å². The average molecular weight is 269 g/mol. The number of hydrogen-bond acceptors (Lipinski definition) is 3. The Morgan fingerprint density at radius 2 is 2.05 bits per heavy atom. The van der Waals surface area contributed by atoms with Crippen molar-refractivity contribution in [2.75, 3.05) is 19.7 Å². The minimum atomic E-state index is -0.758. The standard InChI is InChI=1S/C14H23NO4/c1-2-12-9-15(6-7-19-12)13(16)10-4-3-5-11(8-10)14(17)18/h10-12H,2-9H2,1H3,(H,17,18)/t10-,11+,12+/m0/s1. The highest BCUT2D eigenvalue weighted by atomic mass is 16.5. The fourth-order valence-electron chi connectivity index (χ4n) is 3.06. The summed E-state index contributed by atoms with van der Waals surface area (Å²) in [6, 6.07) is 0. The van der Waals surface area contributed by atoms with Gasteiger partial charge in [-0.25, -0.2) is 0 Å². The van der Waals surface area contributed by atoms with E-state index in [1.54, 1.807) is 0 Å². The van der Waals surface area contributed by atoms with Gasteiger partial charge < -0.3 is 14.7 Å². The number of carboxylic acids is 1. The highest BCUT2D eigenvalue weighted by molar-refractivity contribution is 5.80. The second-order valence-electron chi connectivity index (χ2n) is 5.58. The van der Waals surface area contributed by atoms with Crippen LogP contribution >= 0.6 is 0 Å². The first kappa shape index (κ1) is 14.3. The van der Waals surface area contributed by atoms with Crippen molar-refractivity contribution in [1.82, 2.24) is 4.90 Å². The van der Waals surface area contributed by atoms with Crippen LogP contribution in [0.5, 0.6) is 0 Å². The molecule has 3 atom stereocenters. The van der Waals surface area contributed by atoms with E-state index in [1.165, 1.54) is 0 Å². The number of ether oxygens (including phenoxy) is 1. The van der Waals surface area contributed by atoms with Gasteiger partial charge in [-0.2, -0.15) is 0 Å². The summed E-state index contributed by atoms with van der Waals surface area (Å²) in [6.45, 7) is 3.95. The van der Waals surface area contributed by atoms with Gasteiger partial charge in [0.05, 0.1) is 18.6 Å². The van der Waals surface area contributed by atoms with Crippen molar-refractivity contribution in [3.63, 3.8) is 0 Å². The highest BCUT2D eigenvalue weighted by Crippen LogP contribution is 2.31. The van der Waals surface area contributed by atoms with Crippen LogP contribution in [0.3, 0.4) is 0 Å². The van der Waals surface area contributed by atoms with Gasteiger partial charge >= 0.3 is 5.97 Å². The van der Waals surface area contributed by atoms with Crippen molar-refractivity contribution >= 4 is 11.9 Å². The number of aliphatic carboxylic acids is 1. The molecule has 2 aliphatic rings. The van der Waals surface area contributed by atoms with Crippen LogP contribution in [0.1, 0.15) is 39.0 Å². The Morgan fingerprint density at radius 3 is 2.74 bits per heavy atom. The predicted octanol–water partition coefficient (Wildman–Crippen LogP) is 1.51. The summed E-state index contributed by atoms with van der Waals surface area (Å²) in [4.78, 5) is 25.4. The first-order chi connectivity index (χ1) is 9.11. The Morgan fingerprint density at radius 1 is 1.32 bits per heavy atom. The molecule has 0 aromatic rings. The third-order valence-electron chi connectivity index (χ3n) is 4.28. The monoisotopic (exact) mass is 269 g/mol. The Kier molecular flexibility index (Phi) is 4.80. The lowest BCUT2D eigenvalue weighted by atomic mass is 9.80. The zero-order valence-corrected chi connectivity index (χ0v) is 11.5. The Balaban J connectivity index is 1.93. The zero-order valence-electron chi connectivity index (χ0n) is 11.5. The molecular formula is C14H23NO4. The van der Waals surface area contributed by atoms with Crippen LogP contribution in [-0.2, 0) is 14.3 Å². The van der Waals surface area contributed by atoms with Gasteiger partial charge in [-0.3, -0.25) is 9.59 Å². The minimum Gasteiger partial charge on any atom is -0.481 e. The van der Waals surface area contributed by atoms with Crippen LogP contribution in [0.15, 0.2) is 0 Å². The van der Waals surface area contributed by atoms with E-state index in [0.29, 0.717) is 32.5 Å². The van der Waals surface area contributed by atoms with E-state index in [0.717, 1.165) is 19.3 Å². The molecule has 5 heteroatoms. The van der Waals surface area contributed by atoms with Gasteiger partial charge in [0.25, 0.3) is 0 Å². The number of carbonyl (C=O) groups excluding carboxylic acids is 1. The molecule has 0 spiro atoms. The van der Waals surface area contributed by atoms with Crippen molar-refractivity contribution in [2.45, 2.75) is 45.1 Å². The molecule has 1 aliphatic carbocycles. The first-order valence-electron chi connectivity index (χ1n) is 7.25. The zero-order chi connectivity index (χ0) is 13.8. The van der Waals surface area contributed by atoms with Crippen molar-refractivity contribution in [3.8, 4) is 0 Å². The van der Waals surface area contributed by atoms with Crippen molar-refractivity contribution in [2.24, 2.45) is 11.8 Å². The summed E-state index contributed by atoms with van der Waals surface area (Å²) in [5.74, 6) is -1.07. The molecule has 2 fully saturated rings. The lowest BCUT2D eigenvalue weighted by molar-refractivity contribution is -0.148. The first-order valence-corrected chi connectivity index (χ1v) is 7.25. The number of amides is 1. The fourth-order valence-corrected chi connectivity index (χ4v) is 3.06. The highest BCUT2D eigenvalue weighted by Gasteiger charge is 2.34. The maximum atomic E-state index is 12.5. The molecule has 1 aliphatic heterocycles. The fraction of sp³-hybridized carbons (Fsp3) is 0.857. The summed E-state index contributed by atoms with van der Waals surface area (Å²) in [5, 5.41) is 9.08. The summed E-state index contributed by atoms with van der Waals surface area (Å²) < 4.78 is 5.57. The van der Waals surface area contributed by atoms with Crippen LogP contribution in [0.2, 0.25) is 0 Å². The molecule has 5 nitrogen and oxygen atoms in total. The Hall–Kier alpha value is -1.10. The number of carboxylic acid groups (broad SMARTS) is 1. The molecule has 0 bridgehead atoms. The molecule has 1 heterocycles. The maximum Gasteiger partial charge on any atom is 0.306 e. The van der Waals surface area contributed by atoms with E-state index in [-0.39, 0.29) is 23.8 Å². The summed E-state index contributed by atoms with van der Waals surface area (Å²) in [7, 11) is 0. The largest absolute Gasteiger partial charge is 0.481 e. The average Bonchev–Trinajstić information content (AvgIpc) is 2.46. The van der Waals surface area contributed by atoms with Crippen LogP contribution in [0.4, 0.5) is 0 Å². The molecule has 1 saturated carbocycles. The molecule has 0 unspecified atom stereocenters. The topological polar surface area (TPSA) is 66.8 Å². The maximum absolute atomic E-state index is 12.5. The van der Waals surface area contributed by atoms with E-state index in [1.807, 2.05) is 4.90 Å². The molecule has 1 saturated heterocycles. The molecular weight excluding hydrogens is 246 g/mol. The number of hydrogen-bond donors (Lipinski definition) is 1. The third-order valence-corrected chi connectivity index (χ3v) is 4.28. The van der Waals surface area contributed by atoms with Gasteiger partial charge in [-0.05, 0) is 25.7 Å². The normalized spacial score (nSPS) is 32.1. The molecule has 0 aromatic carbocycles. The number of carbonyl (C=O) groups is 2. The molecule has 108 valence electrons. The Labute approximate surface area is 113 Å². The van der Waals surface area contributed by atoms with Gasteiger partial charge in [0.2, 0.25) is 5.91 Å². The molecule has 1 N–H and O–H groups in total. The SMILES string of the molecule is CC[C@@H]1CN(C(=O)[C@H]2CCC[C@@H](C(=O)O)C2)CCO1. The second kappa shape index (κ2) is 6.37. The molecule has 1 amide bonds. The quantitative estimate of drug-likeness (QED) is 0.843. The van der Waals surface area contributed by atoms with Gasteiger partial charge in [0.1, 0.15) is 0 Å². The lowest BCUT2D eigenvalue weighted by Gasteiger charge is -2.36. The van der Waals surface area contributed by atoms with Crippen LogP contribution in [0, 0.1) is 11.8 Å². The lowest BCUT2D eigenvalue weighted by Crippen LogP contribution is -2.48. The van der Waals surface area contributed by atoms with Crippen molar-refractivity contribution in [3.05, 3.63) is 0 Å². The summed E-state index contributed by atoms with van der Waals surface area (Å²) in [5.41, 5.74) is 0. The number of rotatable bonds is 3. The minimum absolute atomic E-state index is 0.106. The van der Waals surface area contributed by atoms with E-state index in [2.05, 4.69) is 6.92 Å². The third kappa shape index (κ3) is 3.47. The summed E-state index contributed by atoms with van der Waals surface area (Å²) >= 11 is 0. The van der Waals surface area contributed by atoms with Gasteiger partial charge in [0, 0.05) is 19.0 Å². The van der Waals surface area contributed by atoms with Crippen LogP contribution < -0.4 is 0 Å². The van der Waals surface area contributed by atoms with Gasteiger partial charge in [-0.1, -0.05) is 13.3 Å². The smallest absolute Gasteiger partial charge is 0.306 e. The van der Waals surface area contributed by atoms with Crippen molar-refractivity contribution < 1.29 is 19.4 Å². The molecule has 0 radical (unpaired) electrons. The molecule has 0 aromatic heterocycles. The number of nitrogens with zero attached hydrogens (tertiary/aromatic N) is 1. The van der Waals surface area contributed by atoms with Crippen LogP contribution in [0.25, 0.3) is 0 Å². The molecule has 2 rings (SSSR count). The Bertz CT molecular complexity index is 344. The summed E-state index contributed by atoms with van der Waals surface area (Å²) in [6.07, 6.45) is 3.93. The molecule has 19 heavy (non-hydrogen) atoms. The predicted molar refractivity (Wildman–Crippen MR) is 69.7 cm³/mol. The van der Waals surface area contributed by atoms with Gasteiger partial charge in [-0.15, -0.1) is 0 Å². The van der Waals surface area contributed by atoms with E-state index < -0.39 is 5.97 Å².